The number of hydrogen-bond donors (Lipinski definition) is 0. The van der Waals surface area contributed by atoms with Gasteiger partial charge in [0.25, 0.3) is 0 Å². The van der Waals surface area contributed by atoms with Crippen LogP contribution in [0.5, 0.6) is 5.75 Å². The predicted molar refractivity (Wildman–Crippen MR) is 91.4 cm³/mol. The van der Waals surface area contributed by atoms with Gasteiger partial charge in [-0.05, 0) is 37.3 Å². The largest absolute Gasteiger partial charge is 0.493 e. The van der Waals surface area contributed by atoms with Crippen LogP contribution in [0.25, 0.3) is 0 Å². The van der Waals surface area contributed by atoms with Crippen molar-refractivity contribution in [1.82, 2.24) is 9.80 Å². The number of likely N-dealkylation sites (tertiary alicyclic amines) is 1. The van der Waals surface area contributed by atoms with Crippen LogP contribution in [-0.2, 0) is 16.0 Å². The van der Waals surface area contributed by atoms with Crippen LogP contribution >= 0.6 is 0 Å². The normalized spacial score (nSPS) is 24.3. The number of para-hydroxylation sites is 1. The van der Waals surface area contributed by atoms with Crippen LogP contribution in [0.3, 0.4) is 0 Å². The average Bonchev–Trinajstić information content (AvgIpc) is 2.95. The molecule has 25 heavy (non-hydrogen) atoms. The van der Waals surface area contributed by atoms with Gasteiger partial charge >= 0.3 is 6.09 Å². The Kier molecular flexibility index (Phi) is 4.51. The number of carbonyl (C=O) groups is 2. The smallest absolute Gasteiger partial charge is 0.410 e. The second-order valence-electron chi connectivity index (χ2n) is 7.01. The van der Waals surface area contributed by atoms with Gasteiger partial charge in [0.15, 0.2) is 0 Å². The highest BCUT2D eigenvalue weighted by atomic mass is 16.6. The van der Waals surface area contributed by atoms with Gasteiger partial charge in [-0.15, -0.1) is 0 Å². The predicted octanol–water partition coefficient (Wildman–Crippen LogP) is 2.07. The molecule has 0 spiro atoms. The zero-order valence-electron chi connectivity index (χ0n) is 14.4. The number of carbonyl (C=O) groups excluding carboxylic acids is 2. The summed E-state index contributed by atoms with van der Waals surface area (Å²) < 4.78 is 10.8. The van der Waals surface area contributed by atoms with Gasteiger partial charge < -0.3 is 19.3 Å². The number of hydrogen-bond acceptors (Lipinski definition) is 4. The van der Waals surface area contributed by atoms with E-state index >= 15 is 0 Å². The van der Waals surface area contributed by atoms with Crippen molar-refractivity contribution in [2.75, 3.05) is 32.8 Å². The van der Waals surface area contributed by atoms with Crippen LogP contribution in [0.4, 0.5) is 4.79 Å². The Balaban J connectivity index is 1.37. The molecule has 4 rings (SSSR count). The van der Waals surface area contributed by atoms with Gasteiger partial charge in [-0.1, -0.05) is 18.2 Å². The molecule has 0 radical (unpaired) electrons. The molecule has 0 unspecified atom stereocenters. The van der Waals surface area contributed by atoms with Crippen LogP contribution < -0.4 is 4.74 Å². The Hall–Kier alpha value is -2.24. The molecule has 0 bridgehead atoms. The lowest BCUT2D eigenvalue weighted by Gasteiger charge is -2.37. The molecular formula is C19H24N2O4. The van der Waals surface area contributed by atoms with E-state index < -0.39 is 0 Å². The second kappa shape index (κ2) is 6.94. The first-order chi connectivity index (χ1) is 12.2. The van der Waals surface area contributed by atoms with Gasteiger partial charge in [0.2, 0.25) is 5.91 Å². The summed E-state index contributed by atoms with van der Waals surface area (Å²) in [5.41, 5.74) is 1.12. The van der Waals surface area contributed by atoms with E-state index in [1.54, 1.807) is 0 Å². The van der Waals surface area contributed by atoms with Gasteiger partial charge in [0, 0.05) is 25.0 Å². The molecule has 3 aliphatic heterocycles. The van der Waals surface area contributed by atoms with Gasteiger partial charge in [-0.3, -0.25) is 4.79 Å². The quantitative estimate of drug-likeness (QED) is 0.824. The Labute approximate surface area is 147 Å². The third-order valence-corrected chi connectivity index (χ3v) is 5.52. The number of cyclic esters (lactones) is 1. The van der Waals surface area contributed by atoms with Crippen molar-refractivity contribution in [3.8, 4) is 5.75 Å². The van der Waals surface area contributed by atoms with Crippen molar-refractivity contribution < 1.29 is 19.1 Å². The van der Waals surface area contributed by atoms with E-state index in [9.17, 15) is 9.59 Å². The maximum Gasteiger partial charge on any atom is 0.410 e. The fraction of sp³-hybridized carbons (Fsp3) is 0.579. The fourth-order valence-corrected chi connectivity index (χ4v) is 4.10. The van der Waals surface area contributed by atoms with Crippen LogP contribution in [0.2, 0.25) is 0 Å². The van der Waals surface area contributed by atoms with Crippen molar-refractivity contribution >= 4 is 12.0 Å². The minimum absolute atomic E-state index is 0.0167. The van der Waals surface area contributed by atoms with E-state index in [1.165, 1.54) is 0 Å². The maximum absolute atomic E-state index is 13.0. The molecule has 0 N–H and O–H groups in total. The molecule has 2 fully saturated rings. The van der Waals surface area contributed by atoms with Crippen LogP contribution in [-0.4, -0.2) is 60.7 Å². The Bertz CT molecular complexity index is 655. The number of fused-ring (bicyclic) bond motifs is 1. The highest BCUT2D eigenvalue weighted by molar-refractivity contribution is 5.79. The summed E-state index contributed by atoms with van der Waals surface area (Å²) >= 11 is 0. The van der Waals surface area contributed by atoms with E-state index in [0.717, 1.165) is 37.0 Å². The molecule has 6 heteroatoms. The summed E-state index contributed by atoms with van der Waals surface area (Å²) in [5, 5.41) is 0. The van der Waals surface area contributed by atoms with E-state index in [-0.39, 0.29) is 24.0 Å². The van der Waals surface area contributed by atoms with Crippen molar-refractivity contribution in [3.05, 3.63) is 29.8 Å². The van der Waals surface area contributed by atoms with Gasteiger partial charge in [-0.2, -0.15) is 0 Å². The molecule has 1 atom stereocenters. The molecular weight excluding hydrogens is 320 g/mol. The lowest BCUT2D eigenvalue weighted by molar-refractivity contribution is -0.137. The van der Waals surface area contributed by atoms with E-state index in [2.05, 4.69) is 0 Å². The van der Waals surface area contributed by atoms with Crippen LogP contribution in [0.15, 0.2) is 24.3 Å². The molecule has 3 aliphatic rings. The third-order valence-electron chi connectivity index (χ3n) is 5.52. The first kappa shape index (κ1) is 16.2. The molecule has 0 aromatic heterocycles. The highest BCUT2D eigenvalue weighted by Crippen LogP contribution is 2.29. The Morgan fingerprint density at radius 1 is 1.00 bits per heavy atom. The first-order valence-electron chi connectivity index (χ1n) is 9.15. The Morgan fingerprint density at radius 2 is 1.80 bits per heavy atom. The lowest BCUT2D eigenvalue weighted by Crippen LogP contribution is -2.48. The maximum atomic E-state index is 13.0. The molecule has 1 aromatic carbocycles. The van der Waals surface area contributed by atoms with E-state index in [4.69, 9.17) is 9.47 Å². The van der Waals surface area contributed by atoms with Gasteiger partial charge in [-0.25, -0.2) is 4.79 Å². The van der Waals surface area contributed by atoms with E-state index in [0.29, 0.717) is 32.8 Å². The number of piperidine rings is 1. The monoisotopic (exact) mass is 344 g/mol. The molecule has 2 saturated heterocycles. The summed E-state index contributed by atoms with van der Waals surface area (Å²) in [6.45, 7) is 3.18. The molecule has 134 valence electrons. The first-order valence-corrected chi connectivity index (χ1v) is 9.15. The standard InChI is InChI=1S/C19H24N2O4/c22-18(15-7-11-24-17-4-2-1-3-14(17)13-15)20-8-5-16(6-9-20)21-10-12-25-19(21)23/h1-4,15-16H,5-13H2/t15-/m1/s1. The minimum atomic E-state index is -0.206. The minimum Gasteiger partial charge on any atom is -0.493 e. The van der Waals surface area contributed by atoms with Crippen molar-refractivity contribution in [1.29, 1.82) is 0 Å². The Morgan fingerprint density at radius 3 is 2.56 bits per heavy atom. The summed E-state index contributed by atoms with van der Waals surface area (Å²) in [6.07, 6.45) is 2.96. The summed E-state index contributed by atoms with van der Waals surface area (Å²) in [6, 6.07) is 8.19. The van der Waals surface area contributed by atoms with Gasteiger partial charge in [0.05, 0.1) is 13.2 Å². The number of amides is 2. The summed E-state index contributed by atoms with van der Waals surface area (Å²) in [7, 11) is 0. The highest BCUT2D eigenvalue weighted by Gasteiger charge is 2.35. The van der Waals surface area contributed by atoms with Crippen molar-refractivity contribution in [3.63, 3.8) is 0 Å². The average molecular weight is 344 g/mol. The number of benzene rings is 1. The molecule has 0 aliphatic carbocycles. The van der Waals surface area contributed by atoms with Crippen LogP contribution in [0, 0.1) is 5.92 Å². The lowest BCUT2D eigenvalue weighted by atomic mass is 9.94. The fourth-order valence-electron chi connectivity index (χ4n) is 4.10. The SMILES string of the molecule is O=C([C@@H]1CCOc2ccccc2C1)N1CCC(N2CCOC2=O)CC1. The van der Waals surface area contributed by atoms with E-state index in [1.807, 2.05) is 34.1 Å². The van der Waals surface area contributed by atoms with Crippen molar-refractivity contribution in [2.45, 2.75) is 31.7 Å². The molecule has 6 nitrogen and oxygen atoms in total. The topological polar surface area (TPSA) is 59.1 Å². The zero-order chi connectivity index (χ0) is 17.2. The summed E-state index contributed by atoms with van der Waals surface area (Å²) in [4.78, 5) is 28.5. The number of rotatable bonds is 2. The second-order valence-corrected chi connectivity index (χ2v) is 7.01. The van der Waals surface area contributed by atoms with Crippen molar-refractivity contribution in [2.24, 2.45) is 5.92 Å². The molecule has 1 aromatic rings. The number of ether oxygens (including phenoxy) is 2. The zero-order valence-corrected chi connectivity index (χ0v) is 14.4. The summed E-state index contributed by atoms with van der Waals surface area (Å²) in [5.74, 6) is 1.11. The molecule has 3 heterocycles. The van der Waals surface area contributed by atoms with Gasteiger partial charge in [0.1, 0.15) is 12.4 Å². The number of nitrogens with zero attached hydrogens (tertiary/aromatic N) is 2. The molecule has 0 saturated carbocycles. The third kappa shape index (κ3) is 3.30. The van der Waals surface area contributed by atoms with Crippen LogP contribution in [0.1, 0.15) is 24.8 Å². The molecule has 2 amide bonds.